The van der Waals surface area contributed by atoms with Crippen molar-refractivity contribution in [3.05, 3.63) is 22.7 Å². The molecule has 1 aromatic rings. The summed E-state index contributed by atoms with van der Waals surface area (Å²) in [6, 6.07) is 3.27. The van der Waals surface area contributed by atoms with E-state index >= 15 is 0 Å². The van der Waals surface area contributed by atoms with Crippen LogP contribution in [0.25, 0.3) is 0 Å². The van der Waals surface area contributed by atoms with Gasteiger partial charge in [-0.2, -0.15) is 5.10 Å². The number of carbonyl (C=O) groups excluding carboxylic acids is 1. The molecule has 0 saturated heterocycles. The predicted octanol–water partition coefficient (Wildman–Crippen LogP) is 0.813. The van der Waals surface area contributed by atoms with E-state index in [2.05, 4.69) is 10.2 Å². The molecule has 9 heteroatoms. The average Bonchev–Trinajstić information content (AvgIpc) is 2.45. The molecule has 126 valence electrons. The molecule has 23 heavy (non-hydrogen) atoms. The lowest BCUT2D eigenvalue weighted by Crippen LogP contribution is -2.27. The molecule has 0 saturated carbocycles. The first kappa shape index (κ1) is 18.6. The molecule has 0 aliphatic heterocycles. The maximum Gasteiger partial charge on any atom is 0.259 e. The Morgan fingerprint density at radius 1 is 1.35 bits per heavy atom. The number of guanidine groups is 1. The molecule has 4 N–H and O–H groups in total. The van der Waals surface area contributed by atoms with Crippen LogP contribution in [-0.4, -0.2) is 50.3 Å². The third-order valence-corrected chi connectivity index (χ3v) is 2.83. The van der Waals surface area contributed by atoms with Crippen LogP contribution in [0.4, 0.5) is 0 Å². The number of ether oxygens (including phenoxy) is 2. The molecule has 0 unspecified atom stereocenters. The molecule has 0 atom stereocenters. The smallest absolute Gasteiger partial charge is 0.259 e. The molecule has 0 radical (unpaired) electrons. The van der Waals surface area contributed by atoms with Gasteiger partial charge in [0.1, 0.15) is 0 Å². The Morgan fingerprint density at radius 2 is 2.04 bits per heavy atom. The number of carbonyl (C=O) groups is 1. The first-order chi connectivity index (χ1) is 10.8. The zero-order chi connectivity index (χ0) is 17.4. The Hall–Kier alpha value is -2.48. The summed E-state index contributed by atoms with van der Waals surface area (Å²) < 4.78 is 11.0. The Balaban J connectivity index is 3.04. The standard InChI is InChI=1S/C14H20ClN5O3/c1-4-22-11-6-9(7-18-19-14(16)17)5-10(15)13(11)23-8-12(21)20(2)3/h5-7H,4,8H2,1-3H3,(H4,16,17,19)/b18-7-. The second-order valence-corrected chi connectivity index (χ2v) is 5.02. The van der Waals surface area contributed by atoms with Crippen LogP contribution in [0.5, 0.6) is 11.5 Å². The molecular weight excluding hydrogens is 322 g/mol. The minimum atomic E-state index is -0.193. The lowest BCUT2D eigenvalue weighted by molar-refractivity contribution is -0.130. The molecular formula is C14H20ClN5O3. The average molecular weight is 342 g/mol. The Morgan fingerprint density at radius 3 is 2.61 bits per heavy atom. The number of rotatable bonds is 7. The highest BCUT2D eigenvalue weighted by Gasteiger charge is 2.14. The summed E-state index contributed by atoms with van der Waals surface area (Å²) in [6.45, 7) is 2.08. The highest BCUT2D eigenvalue weighted by atomic mass is 35.5. The van der Waals surface area contributed by atoms with Crippen molar-refractivity contribution in [3.63, 3.8) is 0 Å². The largest absolute Gasteiger partial charge is 0.490 e. The van der Waals surface area contributed by atoms with Gasteiger partial charge in [0.15, 0.2) is 18.1 Å². The fourth-order valence-corrected chi connectivity index (χ4v) is 1.76. The van der Waals surface area contributed by atoms with Crippen LogP contribution < -0.4 is 20.9 Å². The molecule has 0 aliphatic carbocycles. The van der Waals surface area contributed by atoms with Gasteiger partial charge in [-0.25, -0.2) is 0 Å². The van der Waals surface area contributed by atoms with Crippen molar-refractivity contribution in [2.75, 3.05) is 27.3 Å². The Bertz CT molecular complexity index is 613. The zero-order valence-electron chi connectivity index (χ0n) is 13.2. The van der Waals surface area contributed by atoms with Gasteiger partial charge in [0.25, 0.3) is 5.91 Å². The normalized spacial score (nSPS) is 10.4. The van der Waals surface area contributed by atoms with Crippen LogP contribution in [0.15, 0.2) is 22.3 Å². The van der Waals surface area contributed by atoms with E-state index < -0.39 is 0 Å². The molecule has 8 nitrogen and oxygen atoms in total. The number of halogens is 1. The van der Waals surface area contributed by atoms with Crippen LogP contribution in [-0.2, 0) is 4.79 Å². The van der Waals surface area contributed by atoms with Crippen LogP contribution in [0, 0.1) is 0 Å². The molecule has 0 aromatic heterocycles. The van der Waals surface area contributed by atoms with Crippen LogP contribution in [0.1, 0.15) is 12.5 Å². The van der Waals surface area contributed by atoms with Gasteiger partial charge in [-0.3, -0.25) is 4.79 Å². The van der Waals surface area contributed by atoms with Gasteiger partial charge in [-0.1, -0.05) is 11.6 Å². The zero-order valence-corrected chi connectivity index (χ0v) is 14.0. The quantitative estimate of drug-likeness (QED) is 0.432. The van der Waals surface area contributed by atoms with Gasteiger partial charge in [0, 0.05) is 19.7 Å². The van der Waals surface area contributed by atoms with Gasteiger partial charge in [-0.15, -0.1) is 5.10 Å². The number of likely N-dealkylation sites (N-methyl/N-ethyl adjacent to an activating group) is 1. The maximum absolute atomic E-state index is 11.6. The topological polar surface area (TPSA) is 116 Å². The fourth-order valence-electron chi connectivity index (χ4n) is 1.49. The van der Waals surface area contributed by atoms with E-state index in [9.17, 15) is 4.79 Å². The van der Waals surface area contributed by atoms with Crippen molar-refractivity contribution in [3.8, 4) is 11.5 Å². The lowest BCUT2D eigenvalue weighted by atomic mass is 10.2. The summed E-state index contributed by atoms with van der Waals surface area (Å²) in [5.41, 5.74) is 11.0. The van der Waals surface area contributed by atoms with Crippen molar-refractivity contribution in [1.82, 2.24) is 4.90 Å². The maximum atomic E-state index is 11.6. The van der Waals surface area contributed by atoms with Gasteiger partial charge >= 0.3 is 0 Å². The van der Waals surface area contributed by atoms with E-state index in [0.29, 0.717) is 23.7 Å². The van der Waals surface area contributed by atoms with E-state index in [0.717, 1.165) is 0 Å². The number of nitrogens with two attached hydrogens (primary N) is 2. The first-order valence-corrected chi connectivity index (χ1v) is 7.14. The van der Waals surface area contributed by atoms with Gasteiger partial charge < -0.3 is 25.8 Å². The third kappa shape index (κ3) is 6.03. The molecule has 0 spiro atoms. The molecule has 1 aromatic carbocycles. The van der Waals surface area contributed by atoms with Gasteiger partial charge in [-0.05, 0) is 19.1 Å². The summed E-state index contributed by atoms with van der Waals surface area (Å²) >= 11 is 6.20. The SMILES string of the molecule is CCOc1cc(/C=N\N=C(N)N)cc(Cl)c1OCC(=O)N(C)C. The third-order valence-electron chi connectivity index (χ3n) is 2.55. The van der Waals surface area contributed by atoms with Gasteiger partial charge in [0.05, 0.1) is 17.8 Å². The Kier molecular flexibility index (Phi) is 7.14. The van der Waals surface area contributed by atoms with E-state index in [-0.39, 0.29) is 23.5 Å². The number of nitrogens with zero attached hydrogens (tertiary/aromatic N) is 3. The predicted molar refractivity (Wildman–Crippen MR) is 90.2 cm³/mol. The van der Waals surface area contributed by atoms with Crippen LogP contribution in [0.2, 0.25) is 5.02 Å². The van der Waals surface area contributed by atoms with Gasteiger partial charge in [0.2, 0.25) is 5.96 Å². The van der Waals surface area contributed by atoms with E-state index in [1.165, 1.54) is 11.1 Å². The van der Waals surface area contributed by atoms with Crippen molar-refractivity contribution >= 4 is 29.7 Å². The molecule has 0 fully saturated rings. The van der Waals surface area contributed by atoms with Crippen molar-refractivity contribution in [2.24, 2.45) is 21.7 Å². The number of hydrogen-bond acceptors (Lipinski definition) is 5. The number of amides is 1. The molecule has 0 heterocycles. The summed E-state index contributed by atoms with van der Waals surface area (Å²) in [7, 11) is 3.28. The molecule has 1 rings (SSSR count). The second kappa shape index (κ2) is 8.84. The van der Waals surface area contributed by atoms with E-state index in [1.54, 1.807) is 26.2 Å². The minimum Gasteiger partial charge on any atom is -0.490 e. The summed E-state index contributed by atoms with van der Waals surface area (Å²) in [6.07, 6.45) is 1.42. The molecule has 1 amide bonds. The number of benzene rings is 1. The number of hydrogen-bond donors (Lipinski definition) is 2. The minimum absolute atomic E-state index is 0.145. The Labute approximate surface area is 139 Å². The second-order valence-electron chi connectivity index (χ2n) is 4.61. The lowest BCUT2D eigenvalue weighted by Gasteiger charge is -2.15. The summed E-state index contributed by atoms with van der Waals surface area (Å²) in [4.78, 5) is 13.0. The monoisotopic (exact) mass is 341 g/mol. The fraction of sp³-hybridized carbons (Fsp3) is 0.357. The van der Waals surface area contributed by atoms with Crippen LogP contribution in [0.3, 0.4) is 0 Å². The van der Waals surface area contributed by atoms with Crippen molar-refractivity contribution < 1.29 is 14.3 Å². The summed E-state index contributed by atoms with van der Waals surface area (Å²) in [5.74, 6) is 0.349. The van der Waals surface area contributed by atoms with E-state index in [4.69, 9.17) is 32.5 Å². The van der Waals surface area contributed by atoms with E-state index in [1.807, 2.05) is 6.92 Å². The van der Waals surface area contributed by atoms with Crippen molar-refractivity contribution in [2.45, 2.75) is 6.92 Å². The van der Waals surface area contributed by atoms with Crippen molar-refractivity contribution in [1.29, 1.82) is 0 Å². The van der Waals surface area contributed by atoms with Crippen LogP contribution >= 0.6 is 11.6 Å². The summed E-state index contributed by atoms with van der Waals surface area (Å²) in [5, 5.41) is 7.50. The highest BCUT2D eigenvalue weighted by molar-refractivity contribution is 6.32. The molecule has 0 bridgehead atoms. The first-order valence-electron chi connectivity index (χ1n) is 6.76. The highest BCUT2D eigenvalue weighted by Crippen LogP contribution is 2.36. The molecule has 0 aliphatic rings.